The molecule has 2 aromatic rings. The van der Waals surface area contributed by atoms with Gasteiger partial charge in [0.25, 0.3) is 0 Å². The lowest BCUT2D eigenvalue weighted by atomic mass is 9.82. The van der Waals surface area contributed by atoms with Gasteiger partial charge in [-0.1, -0.05) is 29.8 Å². The molecular weight excluding hydrogens is 400 g/mol. The summed E-state index contributed by atoms with van der Waals surface area (Å²) in [6.45, 7) is 3.87. The van der Waals surface area contributed by atoms with Crippen molar-refractivity contribution >= 4 is 17.7 Å². The molecule has 0 bridgehead atoms. The minimum Gasteiger partial charge on any atom is -0.496 e. The lowest BCUT2D eigenvalue weighted by Crippen LogP contribution is -2.58. The minimum atomic E-state index is -1.75. The Morgan fingerprint density at radius 3 is 2.39 bits per heavy atom. The van der Waals surface area contributed by atoms with E-state index in [4.69, 9.17) is 18.9 Å². The van der Waals surface area contributed by atoms with Crippen molar-refractivity contribution in [1.82, 2.24) is 0 Å². The van der Waals surface area contributed by atoms with Gasteiger partial charge in [-0.2, -0.15) is 0 Å². The van der Waals surface area contributed by atoms with Crippen LogP contribution < -0.4 is 9.47 Å². The van der Waals surface area contributed by atoms with Crippen LogP contribution in [0, 0.1) is 13.8 Å². The Morgan fingerprint density at radius 2 is 1.81 bits per heavy atom. The molecule has 162 valence electrons. The van der Waals surface area contributed by atoms with Gasteiger partial charge in [0.2, 0.25) is 5.60 Å². The molecule has 0 N–H and O–H groups in total. The molecule has 1 fully saturated rings. The van der Waals surface area contributed by atoms with Gasteiger partial charge in [-0.25, -0.2) is 4.79 Å². The van der Waals surface area contributed by atoms with Gasteiger partial charge in [0.1, 0.15) is 17.1 Å². The van der Waals surface area contributed by atoms with Gasteiger partial charge in [0.05, 0.1) is 20.6 Å². The molecule has 0 saturated carbocycles. The minimum absolute atomic E-state index is 0.149. The number of esters is 2. The maximum Gasteiger partial charge on any atom is 0.354 e. The molecule has 2 aromatic carbocycles. The van der Waals surface area contributed by atoms with Crippen molar-refractivity contribution in [3.63, 3.8) is 0 Å². The number of carbonyl (C=O) groups is 3. The number of methoxy groups -OCH3 is 2. The number of Topliss-reactive ketones (excluding diaryl/α,β-unsaturated/α-hetero) is 1. The summed E-state index contributed by atoms with van der Waals surface area (Å²) in [7, 11) is 2.71. The predicted octanol–water partition coefficient (Wildman–Crippen LogP) is 3.56. The molecule has 2 aliphatic rings. The summed E-state index contributed by atoms with van der Waals surface area (Å²) in [5.74, 6) is -0.905. The smallest absolute Gasteiger partial charge is 0.354 e. The van der Waals surface area contributed by atoms with Crippen molar-refractivity contribution in [2.24, 2.45) is 0 Å². The normalized spacial score (nSPS) is 22.4. The van der Waals surface area contributed by atoms with Crippen molar-refractivity contribution in [2.75, 3.05) is 14.2 Å². The fourth-order valence-electron chi connectivity index (χ4n) is 4.36. The van der Waals surface area contributed by atoms with Gasteiger partial charge in [0, 0.05) is 12.0 Å². The molecule has 2 aliphatic heterocycles. The summed E-state index contributed by atoms with van der Waals surface area (Å²) < 4.78 is 22.2. The molecule has 1 saturated heterocycles. The molecule has 0 aromatic heterocycles. The summed E-state index contributed by atoms with van der Waals surface area (Å²) >= 11 is 0. The van der Waals surface area contributed by atoms with Gasteiger partial charge < -0.3 is 18.9 Å². The topological polar surface area (TPSA) is 88.1 Å². The van der Waals surface area contributed by atoms with Crippen molar-refractivity contribution in [2.45, 2.75) is 44.8 Å². The number of ketones is 1. The third-order valence-electron chi connectivity index (χ3n) is 5.92. The predicted molar refractivity (Wildman–Crippen MR) is 111 cm³/mol. The molecule has 7 heteroatoms. The third kappa shape index (κ3) is 3.34. The van der Waals surface area contributed by atoms with E-state index in [9.17, 15) is 14.4 Å². The molecule has 0 radical (unpaired) electrons. The van der Waals surface area contributed by atoms with Crippen LogP contribution in [0.15, 0.2) is 30.3 Å². The number of cyclic esters (lactones) is 1. The molecular formula is C24H24O7. The van der Waals surface area contributed by atoms with Crippen molar-refractivity contribution in [3.05, 3.63) is 47.0 Å². The number of hydrogen-bond acceptors (Lipinski definition) is 7. The Hall–Kier alpha value is -3.35. The highest BCUT2D eigenvalue weighted by Gasteiger charge is 2.58. The zero-order valence-corrected chi connectivity index (χ0v) is 17.9. The molecule has 2 atom stereocenters. The summed E-state index contributed by atoms with van der Waals surface area (Å²) in [6, 6.07) is 9.57. The molecule has 4 rings (SSSR count). The number of hydrogen-bond donors (Lipinski definition) is 0. The Morgan fingerprint density at radius 1 is 1.10 bits per heavy atom. The summed E-state index contributed by atoms with van der Waals surface area (Å²) in [6.07, 6.45) is -0.811. The quantitative estimate of drug-likeness (QED) is 0.694. The van der Waals surface area contributed by atoms with Crippen LogP contribution in [-0.4, -0.2) is 43.6 Å². The monoisotopic (exact) mass is 424 g/mol. The maximum atomic E-state index is 13.4. The van der Waals surface area contributed by atoms with E-state index in [1.165, 1.54) is 14.2 Å². The highest BCUT2D eigenvalue weighted by atomic mass is 16.6. The standard InChI is InChI=1S/C24H24O7/c1-13-5-7-15(8-6-13)20-14(2)11-17(28-3)21-16(25)12-24(23(27)29-4,31-22(20)21)18-9-10-19(26)30-18/h5-8,11,18H,9-10,12H2,1-4H3. The van der Waals surface area contributed by atoms with Crippen LogP contribution in [0.2, 0.25) is 0 Å². The van der Waals surface area contributed by atoms with Gasteiger partial charge in [-0.15, -0.1) is 0 Å². The highest BCUT2D eigenvalue weighted by Crippen LogP contribution is 2.49. The van der Waals surface area contributed by atoms with Crippen LogP contribution in [0.25, 0.3) is 11.1 Å². The van der Waals surface area contributed by atoms with E-state index in [2.05, 4.69) is 0 Å². The van der Waals surface area contributed by atoms with Gasteiger partial charge >= 0.3 is 11.9 Å². The van der Waals surface area contributed by atoms with E-state index < -0.39 is 23.6 Å². The van der Waals surface area contributed by atoms with E-state index in [0.29, 0.717) is 11.3 Å². The number of ether oxygens (including phenoxy) is 4. The van der Waals surface area contributed by atoms with E-state index in [-0.39, 0.29) is 36.4 Å². The Kier molecular flexibility index (Phi) is 5.21. The van der Waals surface area contributed by atoms with Crippen molar-refractivity contribution in [3.8, 4) is 22.6 Å². The number of benzene rings is 2. The summed E-state index contributed by atoms with van der Waals surface area (Å²) in [4.78, 5) is 38.1. The largest absolute Gasteiger partial charge is 0.496 e. The lowest BCUT2D eigenvalue weighted by molar-refractivity contribution is -0.175. The average molecular weight is 424 g/mol. The first-order chi connectivity index (χ1) is 14.8. The van der Waals surface area contributed by atoms with Gasteiger partial charge in [-0.3, -0.25) is 9.59 Å². The molecule has 31 heavy (non-hydrogen) atoms. The number of rotatable bonds is 4. The lowest BCUT2D eigenvalue weighted by Gasteiger charge is -2.39. The molecule has 7 nitrogen and oxygen atoms in total. The average Bonchev–Trinajstić information content (AvgIpc) is 3.20. The highest BCUT2D eigenvalue weighted by molar-refractivity contribution is 6.08. The zero-order valence-electron chi connectivity index (χ0n) is 17.9. The second kappa shape index (κ2) is 7.72. The van der Waals surface area contributed by atoms with Crippen LogP contribution in [0.5, 0.6) is 11.5 Å². The fraction of sp³-hybridized carbons (Fsp3) is 0.375. The Balaban J connectivity index is 1.96. The number of fused-ring (bicyclic) bond motifs is 1. The molecule has 0 spiro atoms. The van der Waals surface area contributed by atoms with Crippen molar-refractivity contribution < 1.29 is 33.3 Å². The number of carbonyl (C=O) groups excluding carboxylic acids is 3. The van der Waals surface area contributed by atoms with Crippen LogP contribution in [-0.2, 0) is 19.1 Å². The molecule has 2 heterocycles. The first-order valence-electron chi connectivity index (χ1n) is 10.1. The molecule has 0 aliphatic carbocycles. The van der Waals surface area contributed by atoms with Crippen molar-refractivity contribution in [1.29, 1.82) is 0 Å². The zero-order chi connectivity index (χ0) is 22.3. The van der Waals surface area contributed by atoms with E-state index in [1.807, 2.05) is 38.1 Å². The number of aryl methyl sites for hydroxylation is 2. The van der Waals surface area contributed by atoms with Crippen LogP contribution in [0.3, 0.4) is 0 Å². The van der Waals surface area contributed by atoms with Gasteiger partial charge in [0.15, 0.2) is 11.9 Å². The van der Waals surface area contributed by atoms with Crippen LogP contribution >= 0.6 is 0 Å². The summed E-state index contributed by atoms with van der Waals surface area (Å²) in [5, 5.41) is 0. The SMILES string of the molecule is COC(=O)C1(C2CCC(=O)O2)CC(=O)c2c(OC)cc(C)c(-c3ccc(C)cc3)c2O1. The fourth-order valence-corrected chi connectivity index (χ4v) is 4.36. The van der Waals surface area contributed by atoms with E-state index in [1.54, 1.807) is 6.07 Å². The first-order valence-corrected chi connectivity index (χ1v) is 10.1. The van der Waals surface area contributed by atoms with E-state index >= 15 is 0 Å². The molecule has 0 amide bonds. The second-order valence-electron chi connectivity index (χ2n) is 7.94. The van der Waals surface area contributed by atoms with Crippen LogP contribution in [0.1, 0.15) is 40.7 Å². The third-order valence-corrected chi connectivity index (χ3v) is 5.92. The second-order valence-corrected chi connectivity index (χ2v) is 7.94. The Labute approximate surface area is 180 Å². The maximum absolute atomic E-state index is 13.4. The Bertz CT molecular complexity index is 1070. The van der Waals surface area contributed by atoms with E-state index in [0.717, 1.165) is 16.7 Å². The van der Waals surface area contributed by atoms with Crippen LogP contribution in [0.4, 0.5) is 0 Å². The first kappa shape index (κ1) is 20.9. The summed E-state index contributed by atoms with van der Waals surface area (Å²) in [5.41, 5.74) is 1.94. The molecule has 2 unspecified atom stereocenters. The van der Waals surface area contributed by atoms with Gasteiger partial charge in [-0.05, 0) is 37.5 Å².